The molecule has 3 rings (SSSR count). The smallest absolute Gasteiger partial charge is 0.416 e. The topological polar surface area (TPSA) is 74.5 Å². The van der Waals surface area contributed by atoms with Gasteiger partial charge in [0.15, 0.2) is 6.61 Å². The molecule has 1 heterocycles. The number of esters is 1. The standard InChI is InChI=1S/C18H12ClF3N2O4/c1-26-14-8-12(19)5-6-13(14)17(25)27-9-15-23-16(24-28-15)10-3-2-4-11(7-10)18(20,21)22/h2-8H,9H2,1H3. The minimum absolute atomic E-state index is 0.0544. The Morgan fingerprint density at radius 1 is 1.21 bits per heavy atom. The molecule has 2 aromatic carbocycles. The first-order chi connectivity index (χ1) is 13.3. The van der Waals surface area contributed by atoms with Crippen LogP contribution >= 0.6 is 11.6 Å². The molecule has 0 aliphatic rings. The first kappa shape index (κ1) is 19.7. The van der Waals surface area contributed by atoms with Crippen LogP contribution in [-0.4, -0.2) is 23.2 Å². The van der Waals surface area contributed by atoms with Crippen molar-refractivity contribution in [2.45, 2.75) is 12.8 Å². The van der Waals surface area contributed by atoms with E-state index < -0.39 is 17.7 Å². The van der Waals surface area contributed by atoms with Crippen molar-refractivity contribution in [1.29, 1.82) is 0 Å². The van der Waals surface area contributed by atoms with Gasteiger partial charge in [-0.15, -0.1) is 0 Å². The lowest BCUT2D eigenvalue weighted by Gasteiger charge is -2.07. The Hall–Kier alpha value is -3.07. The van der Waals surface area contributed by atoms with Crippen LogP contribution in [0.4, 0.5) is 13.2 Å². The summed E-state index contributed by atoms with van der Waals surface area (Å²) in [6.07, 6.45) is -4.49. The second kappa shape index (κ2) is 7.89. The van der Waals surface area contributed by atoms with Gasteiger partial charge in [-0.05, 0) is 30.3 Å². The first-order valence-electron chi connectivity index (χ1n) is 7.79. The number of ether oxygens (including phenoxy) is 2. The Kier molecular flexibility index (Phi) is 5.55. The maximum Gasteiger partial charge on any atom is 0.416 e. The zero-order chi connectivity index (χ0) is 20.3. The second-order valence-corrected chi connectivity index (χ2v) is 5.95. The van der Waals surface area contributed by atoms with E-state index in [1.54, 1.807) is 0 Å². The number of carbonyl (C=O) groups excluding carboxylic acids is 1. The number of hydrogen-bond acceptors (Lipinski definition) is 6. The minimum atomic E-state index is -4.49. The van der Waals surface area contributed by atoms with Crippen molar-refractivity contribution in [2.75, 3.05) is 7.11 Å². The predicted octanol–water partition coefficient (Wildman–Crippen LogP) is 4.77. The molecule has 10 heteroatoms. The third kappa shape index (κ3) is 4.42. The van der Waals surface area contributed by atoms with Crippen LogP contribution in [0.3, 0.4) is 0 Å². The highest BCUT2D eigenvalue weighted by atomic mass is 35.5. The van der Waals surface area contributed by atoms with E-state index in [0.29, 0.717) is 5.02 Å². The third-order valence-electron chi connectivity index (χ3n) is 3.63. The van der Waals surface area contributed by atoms with Crippen molar-refractivity contribution in [2.24, 2.45) is 0 Å². The molecule has 28 heavy (non-hydrogen) atoms. The summed E-state index contributed by atoms with van der Waals surface area (Å²) in [6, 6.07) is 8.88. The lowest BCUT2D eigenvalue weighted by molar-refractivity contribution is -0.137. The molecule has 0 fully saturated rings. The molecule has 0 saturated carbocycles. The van der Waals surface area contributed by atoms with E-state index in [-0.39, 0.29) is 35.2 Å². The number of nitrogens with zero attached hydrogens (tertiary/aromatic N) is 2. The van der Waals surface area contributed by atoms with Crippen LogP contribution < -0.4 is 4.74 Å². The number of alkyl halides is 3. The highest BCUT2D eigenvalue weighted by molar-refractivity contribution is 6.30. The highest BCUT2D eigenvalue weighted by Crippen LogP contribution is 2.31. The summed E-state index contributed by atoms with van der Waals surface area (Å²) in [5.41, 5.74) is -0.572. The van der Waals surface area contributed by atoms with Crippen molar-refractivity contribution in [1.82, 2.24) is 10.1 Å². The van der Waals surface area contributed by atoms with Crippen LogP contribution in [0.2, 0.25) is 5.02 Å². The van der Waals surface area contributed by atoms with Gasteiger partial charge >= 0.3 is 12.1 Å². The summed E-state index contributed by atoms with van der Waals surface area (Å²) in [5.74, 6) is -0.616. The van der Waals surface area contributed by atoms with Crippen LogP contribution in [0.5, 0.6) is 5.75 Å². The van der Waals surface area contributed by atoms with E-state index in [9.17, 15) is 18.0 Å². The van der Waals surface area contributed by atoms with E-state index in [4.69, 9.17) is 25.6 Å². The van der Waals surface area contributed by atoms with Gasteiger partial charge in [0.1, 0.15) is 11.3 Å². The summed E-state index contributed by atoms with van der Waals surface area (Å²) >= 11 is 5.84. The fourth-order valence-electron chi connectivity index (χ4n) is 2.30. The summed E-state index contributed by atoms with van der Waals surface area (Å²) in [4.78, 5) is 16.1. The van der Waals surface area contributed by atoms with Crippen LogP contribution in [0.15, 0.2) is 47.0 Å². The molecule has 0 aliphatic heterocycles. The number of carbonyl (C=O) groups is 1. The van der Waals surface area contributed by atoms with Gasteiger partial charge in [0.2, 0.25) is 5.82 Å². The van der Waals surface area contributed by atoms with Gasteiger partial charge < -0.3 is 14.0 Å². The van der Waals surface area contributed by atoms with Gasteiger partial charge in [0.05, 0.1) is 12.7 Å². The largest absolute Gasteiger partial charge is 0.496 e. The van der Waals surface area contributed by atoms with E-state index in [0.717, 1.165) is 12.1 Å². The molecule has 146 valence electrons. The molecule has 0 atom stereocenters. The third-order valence-corrected chi connectivity index (χ3v) is 3.86. The predicted molar refractivity (Wildman–Crippen MR) is 91.9 cm³/mol. The summed E-state index contributed by atoms with van der Waals surface area (Å²) in [7, 11) is 1.38. The summed E-state index contributed by atoms with van der Waals surface area (Å²) in [5, 5.41) is 4.00. The molecule has 0 unspecified atom stereocenters. The van der Waals surface area contributed by atoms with Gasteiger partial charge in [-0.25, -0.2) is 4.79 Å². The Labute approximate surface area is 161 Å². The van der Waals surface area contributed by atoms with Crippen LogP contribution in [-0.2, 0) is 17.5 Å². The lowest BCUT2D eigenvalue weighted by atomic mass is 10.1. The van der Waals surface area contributed by atoms with E-state index in [1.807, 2.05) is 0 Å². The Morgan fingerprint density at radius 3 is 2.71 bits per heavy atom. The Morgan fingerprint density at radius 2 is 2.00 bits per heavy atom. The fourth-order valence-corrected chi connectivity index (χ4v) is 2.47. The maximum absolute atomic E-state index is 12.8. The van der Waals surface area contributed by atoms with Gasteiger partial charge in [-0.2, -0.15) is 18.2 Å². The van der Waals surface area contributed by atoms with Crippen molar-refractivity contribution in [3.05, 3.63) is 64.5 Å². The quantitative estimate of drug-likeness (QED) is 0.562. The Balaban J connectivity index is 1.71. The normalized spacial score (nSPS) is 11.3. The van der Waals surface area contributed by atoms with Gasteiger partial charge in [0, 0.05) is 10.6 Å². The van der Waals surface area contributed by atoms with Crippen molar-refractivity contribution < 1.29 is 32.0 Å². The Bertz CT molecular complexity index is 1000. The molecular weight excluding hydrogens is 401 g/mol. The minimum Gasteiger partial charge on any atom is -0.496 e. The van der Waals surface area contributed by atoms with Crippen LogP contribution in [0, 0.1) is 0 Å². The number of benzene rings is 2. The van der Waals surface area contributed by atoms with E-state index in [2.05, 4.69) is 10.1 Å². The average Bonchev–Trinajstić information content (AvgIpc) is 3.14. The van der Waals surface area contributed by atoms with Crippen molar-refractivity contribution in [3.63, 3.8) is 0 Å². The van der Waals surface area contributed by atoms with E-state index >= 15 is 0 Å². The van der Waals surface area contributed by atoms with Gasteiger partial charge in [-0.3, -0.25) is 0 Å². The molecular formula is C18H12ClF3N2O4. The SMILES string of the molecule is COc1cc(Cl)ccc1C(=O)OCc1nc(-c2cccc(C(F)(F)F)c2)no1. The first-order valence-corrected chi connectivity index (χ1v) is 8.16. The van der Waals surface area contributed by atoms with E-state index in [1.165, 1.54) is 37.4 Å². The molecule has 1 aromatic heterocycles. The molecule has 0 radical (unpaired) electrons. The second-order valence-electron chi connectivity index (χ2n) is 5.51. The van der Waals surface area contributed by atoms with Crippen LogP contribution in [0.25, 0.3) is 11.4 Å². The molecule has 0 spiro atoms. The number of aromatic nitrogens is 2. The fraction of sp³-hybridized carbons (Fsp3) is 0.167. The molecule has 3 aromatic rings. The van der Waals surface area contributed by atoms with Crippen molar-refractivity contribution in [3.8, 4) is 17.1 Å². The highest BCUT2D eigenvalue weighted by Gasteiger charge is 2.30. The molecule has 0 saturated heterocycles. The molecule has 0 bridgehead atoms. The van der Waals surface area contributed by atoms with Gasteiger partial charge in [-0.1, -0.05) is 28.9 Å². The molecule has 0 amide bonds. The zero-order valence-corrected chi connectivity index (χ0v) is 15.0. The number of methoxy groups -OCH3 is 1. The summed E-state index contributed by atoms with van der Waals surface area (Å²) in [6.45, 7) is -0.365. The lowest BCUT2D eigenvalue weighted by Crippen LogP contribution is -2.07. The van der Waals surface area contributed by atoms with Gasteiger partial charge in [0.25, 0.3) is 5.89 Å². The average molecular weight is 413 g/mol. The summed E-state index contributed by atoms with van der Waals surface area (Å²) < 4.78 is 53.5. The number of rotatable bonds is 5. The van der Waals surface area contributed by atoms with Crippen LogP contribution in [0.1, 0.15) is 21.8 Å². The maximum atomic E-state index is 12.8. The van der Waals surface area contributed by atoms with Crippen molar-refractivity contribution >= 4 is 17.6 Å². The monoisotopic (exact) mass is 412 g/mol. The molecule has 0 N–H and O–H groups in total. The number of hydrogen-bond donors (Lipinski definition) is 0. The molecule has 0 aliphatic carbocycles. The number of halogens is 4. The zero-order valence-electron chi connectivity index (χ0n) is 14.3. The molecule has 6 nitrogen and oxygen atoms in total.